The van der Waals surface area contributed by atoms with Gasteiger partial charge < -0.3 is 10.2 Å². The molecular formula is C12H21N3O2S. The summed E-state index contributed by atoms with van der Waals surface area (Å²) in [4.78, 5) is 1.96. The van der Waals surface area contributed by atoms with E-state index in [1.165, 1.54) is 0 Å². The Morgan fingerprint density at radius 1 is 1.17 bits per heavy atom. The summed E-state index contributed by atoms with van der Waals surface area (Å²) < 4.78 is 26.1. The van der Waals surface area contributed by atoms with Gasteiger partial charge in [0.25, 0.3) is 0 Å². The maximum absolute atomic E-state index is 11.7. The number of rotatable bonds is 7. The predicted octanol–water partition coefficient (Wildman–Crippen LogP) is 1.10. The van der Waals surface area contributed by atoms with E-state index in [0.717, 1.165) is 5.69 Å². The van der Waals surface area contributed by atoms with Gasteiger partial charge >= 0.3 is 0 Å². The van der Waals surface area contributed by atoms with Crippen LogP contribution in [-0.4, -0.2) is 41.9 Å². The highest BCUT2D eigenvalue weighted by Gasteiger charge is 2.09. The molecule has 1 aromatic rings. The first-order valence-corrected chi connectivity index (χ1v) is 7.52. The van der Waals surface area contributed by atoms with Crippen LogP contribution in [0.4, 0.5) is 11.4 Å². The van der Waals surface area contributed by atoms with E-state index in [0.29, 0.717) is 18.7 Å². The average Bonchev–Trinajstić information content (AvgIpc) is 2.29. The van der Waals surface area contributed by atoms with Crippen LogP contribution in [-0.2, 0) is 10.0 Å². The van der Waals surface area contributed by atoms with Crippen LogP contribution in [0.3, 0.4) is 0 Å². The third kappa shape index (κ3) is 4.93. The van der Waals surface area contributed by atoms with E-state index in [4.69, 9.17) is 0 Å². The van der Waals surface area contributed by atoms with Crippen LogP contribution in [0.25, 0.3) is 0 Å². The summed E-state index contributed by atoms with van der Waals surface area (Å²) in [7, 11) is 2.44. The lowest BCUT2D eigenvalue weighted by Crippen LogP contribution is -2.20. The van der Waals surface area contributed by atoms with Crippen LogP contribution in [0.1, 0.15) is 6.42 Å². The number of sulfonamides is 1. The number of hydrogen-bond acceptors (Lipinski definition) is 4. The number of anilines is 2. The molecule has 0 aliphatic rings. The molecule has 18 heavy (non-hydrogen) atoms. The molecule has 5 nitrogen and oxygen atoms in total. The second-order valence-corrected chi connectivity index (χ2v) is 6.16. The van der Waals surface area contributed by atoms with Crippen LogP contribution in [0.5, 0.6) is 0 Å². The number of hydrogen-bond donors (Lipinski definition) is 2. The number of nitrogens with zero attached hydrogens (tertiary/aromatic N) is 1. The molecule has 1 rings (SSSR count). The van der Waals surface area contributed by atoms with Crippen molar-refractivity contribution in [3.63, 3.8) is 0 Å². The zero-order valence-electron chi connectivity index (χ0n) is 11.1. The van der Waals surface area contributed by atoms with Gasteiger partial charge in [-0.2, -0.15) is 0 Å². The summed E-state index contributed by atoms with van der Waals surface area (Å²) in [5.74, 6) is 0.128. The summed E-state index contributed by atoms with van der Waals surface area (Å²) in [5, 5.41) is 2.93. The molecule has 0 spiro atoms. The third-order valence-corrected chi connectivity index (χ3v) is 3.87. The SMILES string of the molecule is CNCCCS(=O)(=O)Nc1ccc(N(C)C)cc1. The zero-order chi connectivity index (χ0) is 13.6. The van der Waals surface area contributed by atoms with Crippen LogP contribution >= 0.6 is 0 Å². The molecule has 0 aliphatic heterocycles. The fourth-order valence-electron chi connectivity index (χ4n) is 1.50. The highest BCUT2D eigenvalue weighted by atomic mass is 32.2. The average molecular weight is 271 g/mol. The van der Waals surface area contributed by atoms with Gasteiger partial charge in [-0.1, -0.05) is 0 Å². The van der Waals surface area contributed by atoms with Crippen molar-refractivity contribution in [2.24, 2.45) is 0 Å². The predicted molar refractivity (Wildman–Crippen MR) is 76.7 cm³/mol. The first-order valence-electron chi connectivity index (χ1n) is 5.87. The van der Waals surface area contributed by atoms with Gasteiger partial charge in [0.05, 0.1) is 5.75 Å². The van der Waals surface area contributed by atoms with Crippen LogP contribution in [0, 0.1) is 0 Å². The summed E-state index contributed by atoms with van der Waals surface area (Å²) in [6, 6.07) is 7.30. The van der Waals surface area contributed by atoms with Crippen molar-refractivity contribution >= 4 is 21.4 Å². The van der Waals surface area contributed by atoms with Crippen molar-refractivity contribution in [1.82, 2.24) is 5.32 Å². The maximum Gasteiger partial charge on any atom is 0.232 e. The van der Waals surface area contributed by atoms with Gasteiger partial charge in [0, 0.05) is 25.5 Å². The van der Waals surface area contributed by atoms with E-state index < -0.39 is 10.0 Å². The van der Waals surface area contributed by atoms with Gasteiger partial charge in [-0.3, -0.25) is 4.72 Å². The Hall–Kier alpha value is -1.27. The molecule has 0 amide bonds. The van der Waals surface area contributed by atoms with E-state index >= 15 is 0 Å². The zero-order valence-corrected chi connectivity index (χ0v) is 11.9. The molecule has 6 heteroatoms. The van der Waals surface area contributed by atoms with Crippen molar-refractivity contribution < 1.29 is 8.42 Å². The van der Waals surface area contributed by atoms with Crippen LogP contribution in [0.2, 0.25) is 0 Å². The minimum absolute atomic E-state index is 0.128. The Labute approximate surface area is 109 Å². The largest absolute Gasteiger partial charge is 0.378 e. The van der Waals surface area contributed by atoms with E-state index in [1.807, 2.05) is 31.1 Å². The Morgan fingerprint density at radius 3 is 2.28 bits per heavy atom. The lowest BCUT2D eigenvalue weighted by molar-refractivity contribution is 0.597. The molecule has 0 unspecified atom stereocenters. The first-order chi connectivity index (χ1) is 8.44. The van der Waals surface area contributed by atoms with Gasteiger partial charge in [0.1, 0.15) is 0 Å². The molecular weight excluding hydrogens is 250 g/mol. The fourth-order valence-corrected chi connectivity index (χ4v) is 2.62. The highest BCUT2D eigenvalue weighted by Crippen LogP contribution is 2.16. The minimum atomic E-state index is -3.24. The highest BCUT2D eigenvalue weighted by molar-refractivity contribution is 7.92. The summed E-state index contributed by atoms with van der Waals surface area (Å²) in [6.45, 7) is 0.695. The Morgan fingerprint density at radius 2 is 1.78 bits per heavy atom. The molecule has 0 aliphatic carbocycles. The monoisotopic (exact) mass is 271 g/mol. The molecule has 0 bridgehead atoms. The van der Waals surface area contributed by atoms with E-state index in [1.54, 1.807) is 19.2 Å². The molecule has 0 fully saturated rings. The van der Waals surface area contributed by atoms with Gasteiger partial charge in [0.15, 0.2) is 0 Å². The second-order valence-electron chi connectivity index (χ2n) is 4.32. The van der Waals surface area contributed by atoms with Crippen molar-refractivity contribution in [2.45, 2.75) is 6.42 Å². The normalized spacial score (nSPS) is 11.3. The van der Waals surface area contributed by atoms with E-state index in [9.17, 15) is 8.42 Å². The number of benzene rings is 1. The summed E-state index contributed by atoms with van der Waals surface area (Å²) in [6.07, 6.45) is 0.599. The minimum Gasteiger partial charge on any atom is -0.378 e. The van der Waals surface area contributed by atoms with Gasteiger partial charge in [-0.05, 0) is 44.3 Å². The molecule has 0 saturated heterocycles. The molecule has 0 saturated carbocycles. The third-order valence-electron chi connectivity index (χ3n) is 2.50. The summed E-state index contributed by atoms with van der Waals surface area (Å²) in [5.41, 5.74) is 1.64. The number of nitrogens with one attached hydrogen (secondary N) is 2. The molecule has 0 radical (unpaired) electrons. The van der Waals surface area contributed by atoms with Crippen LogP contribution < -0.4 is 14.9 Å². The molecule has 102 valence electrons. The molecule has 1 aromatic carbocycles. The Bertz CT molecular complexity index is 455. The van der Waals surface area contributed by atoms with E-state index in [-0.39, 0.29) is 5.75 Å². The maximum atomic E-state index is 11.7. The van der Waals surface area contributed by atoms with Crippen molar-refractivity contribution in [3.05, 3.63) is 24.3 Å². The van der Waals surface area contributed by atoms with Crippen molar-refractivity contribution in [2.75, 3.05) is 43.1 Å². The van der Waals surface area contributed by atoms with E-state index in [2.05, 4.69) is 10.0 Å². The fraction of sp³-hybridized carbons (Fsp3) is 0.500. The van der Waals surface area contributed by atoms with Gasteiger partial charge in [-0.15, -0.1) is 0 Å². The molecule has 0 aromatic heterocycles. The summed E-state index contributed by atoms with van der Waals surface area (Å²) >= 11 is 0. The van der Waals surface area contributed by atoms with Gasteiger partial charge in [0.2, 0.25) is 10.0 Å². The molecule has 0 atom stereocenters. The first kappa shape index (κ1) is 14.8. The topological polar surface area (TPSA) is 61.4 Å². The van der Waals surface area contributed by atoms with Crippen LogP contribution in [0.15, 0.2) is 24.3 Å². The Kier molecular flexibility index (Phi) is 5.43. The smallest absolute Gasteiger partial charge is 0.232 e. The Balaban J connectivity index is 2.61. The lowest BCUT2D eigenvalue weighted by atomic mass is 10.3. The van der Waals surface area contributed by atoms with Gasteiger partial charge in [-0.25, -0.2) is 8.42 Å². The lowest BCUT2D eigenvalue weighted by Gasteiger charge is -2.13. The standard InChI is InChI=1S/C12H21N3O2S/c1-13-9-4-10-18(16,17)14-11-5-7-12(8-6-11)15(2)3/h5-8,13-14H,4,9-10H2,1-3H3. The molecule has 2 N–H and O–H groups in total. The second kappa shape index (κ2) is 6.61. The van der Waals surface area contributed by atoms with Crippen molar-refractivity contribution in [3.8, 4) is 0 Å². The quantitative estimate of drug-likeness (QED) is 0.729. The molecule has 0 heterocycles. The van der Waals surface area contributed by atoms with Crippen molar-refractivity contribution in [1.29, 1.82) is 0 Å².